The topological polar surface area (TPSA) is 55.8 Å². The largest absolute Gasteiger partial charge is 0.444 e. The van der Waals surface area contributed by atoms with Crippen molar-refractivity contribution in [3.63, 3.8) is 0 Å². The fraction of sp³-hybridized carbons (Fsp3) is 0.600. The molecular weight excluding hydrogens is 332 g/mol. The molecule has 1 aliphatic rings. The minimum Gasteiger partial charge on any atom is -0.444 e. The van der Waals surface area contributed by atoms with Crippen LogP contribution in [0.25, 0.3) is 0 Å². The Labute approximate surface area is 156 Å². The number of carbonyl (C=O) groups is 2. The van der Waals surface area contributed by atoms with Gasteiger partial charge in [0.05, 0.1) is 26.7 Å². The molecule has 2 rings (SSSR count). The highest BCUT2D eigenvalue weighted by Gasteiger charge is 2.41. The Morgan fingerprint density at radius 1 is 1.23 bits per heavy atom. The molecule has 1 saturated heterocycles. The normalized spacial score (nSPS) is 21.3. The molecule has 1 fully saturated rings. The number of amides is 1. The van der Waals surface area contributed by atoms with E-state index in [-0.39, 0.29) is 6.04 Å². The molecule has 0 bridgehead atoms. The minimum atomic E-state index is -0.592. The number of carbonyl (C=O) groups excluding carboxylic acids is 2. The number of piperidine rings is 1. The zero-order valence-corrected chi connectivity index (χ0v) is 16.5. The first-order valence-corrected chi connectivity index (χ1v) is 9.09. The van der Waals surface area contributed by atoms with Crippen molar-refractivity contribution in [2.75, 3.05) is 20.6 Å². The summed E-state index contributed by atoms with van der Waals surface area (Å²) >= 11 is 0. The van der Waals surface area contributed by atoms with Crippen LogP contribution < -0.4 is 0 Å². The molecule has 26 heavy (non-hydrogen) atoms. The molecule has 0 N–H and O–H groups in total. The fourth-order valence-corrected chi connectivity index (χ4v) is 3.07. The Bertz CT molecular complexity index is 610. The van der Waals surface area contributed by atoms with Gasteiger partial charge in [-0.3, -0.25) is 4.90 Å². The molecule has 6 heteroatoms. The van der Waals surface area contributed by atoms with E-state index in [2.05, 4.69) is 0 Å². The van der Waals surface area contributed by atoms with Crippen LogP contribution in [0, 0.1) is 0 Å². The van der Waals surface area contributed by atoms with E-state index in [0.29, 0.717) is 24.2 Å². The van der Waals surface area contributed by atoms with E-state index in [4.69, 9.17) is 9.57 Å². The fourth-order valence-electron chi connectivity index (χ4n) is 3.07. The number of ether oxygens (including phenoxy) is 1. The average molecular weight is 363 g/mol. The number of likely N-dealkylation sites (tertiary alicyclic amines) is 1. The smallest absolute Gasteiger partial charge is 0.411 e. The molecule has 1 amide bonds. The van der Waals surface area contributed by atoms with Gasteiger partial charge in [-0.1, -0.05) is 30.3 Å². The molecule has 0 saturated carbocycles. The molecular formula is C20H31N2O4+. The van der Waals surface area contributed by atoms with E-state index in [1.165, 1.54) is 4.90 Å². The second-order valence-electron chi connectivity index (χ2n) is 8.26. The highest BCUT2D eigenvalue weighted by molar-refractivity contribution is 5.74. The van der Waals surface area contributed by atoms with Crippen molar-refractivity contribution in [2.24, 2.45) is 0 Å². The summed E-state index contributed by atoms with van der Waals surface area (Å²) in [5.74, 6) is 0. The second kappa shape index (κ2) is 8.18. The second-order valence-corrected chi connectivity index (χ2v) is 8.26. The lowest BCUT2D eigenvalue weighted by Gasteiger charge is -2.43. The van der Waals surface area contributed by atoms with E-state index in [0.717, 1.165) is 18.3 Å². The van der Waals surface area contributed by atoms with Crippen LogP contribution in [-0.2, 0) is 21.0 Å². The molecule has 0 spiro atoms. The molecule has 1 aliphatic heterocycles. The number of quaternary nitrogens is 1. The first-order valence-electron chi connectivity index (χ1n) is 9.09. The third-order valence-electron chi connectivity index (χ3n) is 4.67. The number of hydroxylamine groups is 3. The molecule has 1 heterocycles. The van der Waals surface area contributed by atoms with Crippen LogP contribution in [0.5, 0.6) is 0 Å². The summed E-state index contributed by atoms with van der Waals surface area (Å²) in [5, 5.41) is 0. The third kappa shape index (κ3) is 5.54. The first kappa shape index (κ1) is 20.4. The van der Waals surface area contributed by atoms with Gasteiger partial charge in [-0.15, -0.1) is 0 Å². The van der Waals surface area contributed by atoms with Gasteiger partial charge in [-0.05, 0) is 32.8 Å². The Kier molecular flexibility index (Phi) is 6.42. The lowest BCUT2D eigenvalue weighted by molar-refractivity contribution is -1.10. The highest BCUT2D eigenvalue weighted by Crippen LogP contribution is 2.26. The molecule has 6 nitrogen and oxygen atoms in total. The lowest BCUT2D eigenvalue weighted by Crippen LogP contribution is -2.60. The maximum absolute atomic E-state index is 12.5. The number of likely N-dealkylation sites (N-methyl/N-ethyl adjacent to an activating group) is 1. The maximum atomic E-state index is 12.5. The summed E-state index contributed by atoms with van der Waals surface area (Å²) in [6.07, 6.45) is 1.82. The van der Waals surface area contributed by atoms with Crippen molar-refractivity contribution in [3.8, 4) is 0 Å². The summed E-state index contributed by atoms with van der Waals surface area (Å²) in [5.41, 5.74) is 0.510. The van der Waals surface area contributed by atoms with Gasteiger partial charge in [0.15, 0.2) is 0 Å². The number of benzene rings is 1. The number of hydrogen-bond donors (Lipinski definition) is 0. The number of aldehydes is 1. The summed E-state index contributed by atoms with van der Waals surface area (Å²) < 4.78 is 5.80. The zero-order valence-electron chi connectivity index (χ0n) is 16.5. The Morgan fingerprint density at radius 3 is 2.46 bits per heavy atom. The predicted octanol–water partition coefficient (Wildman–Crippen LogP) is 3.16. The number of nitrogens with zero attached hydrogens (tertiary/aromatic N) is 2. The molecule has 1 aromatic carbocycles. The number of hydrogen-bond acceptors (Lipinski definition) is 4. The summed E-state index contributed by atoms with van der Waals surface area (Å²) in [6.45, 7) is 6.40. The van der Waals surface area contributed by atoms with Crippen LogP contribution in [0.15, 0.2) is 30.3 Å². The standard InChI is InChI=1S/C20H31N2O4/c1-20(2,3)26-19(24)21-13-18(12-11-17(21)14-23)22(4,5)25-15-16-9-7-6-8-10-16/h6-10,14,17-18H,11-13,15H2,1-5H3/q+1/t17-,18+/m0/s1. The Morgan fingerprint density at radius 2 is 1.88 bits per heavy atom. The minimum absolute atomic E-state index is 0.0717. The molecule has 2 atom stereocenters. The van der Waals surface area contributed by atoms with Gasteiger partial charge in [-0.2, -0.15) is 9.48 Å². The third-order valence-corrected chi connectivity index (χ3v) is 4.67. The van der Waals surface area contributed by atoms with Gasteiger partial charge >= 0.3 is 6.09 Å². The van der Waals surface area contributed by atoms with Crippen molar-refractivity contribution >= 4 is 12.4 Å². The molecule has 144 valence electrons. The summed E-state index contributed by atoms with van der Waals surface area (Å²) in [4.78, 5) is 31.6. The van der Waals surface area contributed by atoms with Gasteiger partial charge in [0.25, 0.3) is 0 Å². The lowest BCUT2D eigenvalue weighted by atomic mass is 9.98. The van der Waals surface area contributed by atoms with E-state index >= 15 is 0 Å². The zero-order chi connectivity index (χ0) is 19.4. The average Bonchev–Trinajstić information content (AvgIpc) is 2.59. The van der Waals surface area contributed by atoms with Crippen LogP contribution >= 0.6 is 0 Å². The van der Waals surface area contributed by atoms with Crippen molar-refractivity contribution < 1.29 is 23.8 Å². The molecule has 0 radical (unpaired) electrons. The van der Waals surface area contributed by atoms with E-state index < -0.39 is 17.7 Å². The predicted molar refractivity (Wildman–Crippen MR) is 99.2 cm³/mol. The maximum Gasteiger partial charge on any atom is 0.411 e. The summed E-state index contributed by atoms with van der Waals surface area (Å²) in [6, 6.07) is 9.63. The van der Waals surface area contributed by atoms with Gasteiger partial charge in [0.2, 0.25) is 0 Å². The van der Waals surface area contributed by atoms with Crippen molar-refractivity contribution in [2.45, 2.75) is 57.9 Å². The van der Waals surface area contributed by atoms with Gasteiger partial charge in [0, 0.05) is 6.42 Å². The van der Waals surface area contributed by atoms with Crippen LogP contribution in [0.1, 0.15) is 39.2 Å². The van der Waals surface area contributed by atoms with Crippen LogP contribution in [0.3, 0.4) is 0 Å². The van der Waals surface area contributed by atoms with Crippen LogP contribution in [0.2, 0.25) is 0 Å². The summed E-state index contributed by atoms with van der Waals surface area (Å²) in [7, 11) is 3.98. The molecule has 1 aromatic rings. The molecule has 0 unspecified atom stereocenters. The molecule has 0 aliphatic carbocycles. The van der Waals surface area contributed by atoms with Crippen LogP contribution in [-0.4, -0.2) is 60.3 Å². The van der Waals surface area contributed by atoms with E-state index in [1.54, 1.807) is 0 Å². The molecule has 0 aromatic heterocycles. The monoisotopic (exact) mass is 363 g/mol. The SMILES string of the molecule is CC(C)(C)OC(=O)N1C[C@H]([N+](C)(C)OCc2ccccc2)CC[C@H]1C=O. The van der Waals surface area contributed by atoms with Gasteiger partial charge in [-0.25, -0.2) is 4.79 Å². The van der Waals surface area contributed by atoms with Crippen molar-refractivity contribution in [1.82, 2.24) is 4.90 Å². The van der Waals surface area contributed by atoms with E-state index in [1.807, 2.05) is 65.2 Å². The van der Waals surface area contributed by atoms with E-state index in [9.17, 15) is 9.59 Å². The Balaban J connectivity index is 2.04. The quantitative estimate of drug-likeness (QED) is 0.458. The Hall–Kier alpha value is -1.92. The van der Waals surface area contributed by atoms with Crippen LogP contribution in [0.4, 0.5) is 4.79 Å². The first-order chi connectivity index (χ1) is 12.1. The highest BCUT2D eigenvalue weighted by atomic mass is 16.7. The van der Waals surface area contributed by atoms with Gasteiger partial charge < -0.3 is 9.53 Å². The number of rotatable bonds is 5. The van der Waals surface area contributed by atoms with Gasteiger partial charge in [0.1, 0.15) is 24.5 Å². The van der Waals surface area contributed by atoms with Crippen molar-refractivity contribution in [3.05, 3.63) is 35.9 Å². The van der Waals surface area contributed by atoms with Crippen molar-refractivity contribution in [1.29, 1.82) is 0 Å².